The second kappa shape index (κ2) is 10.6. The predicted octanol–water partition coefficient (Wildman–Crippen LogP) is 6.18. The SMILES string of the molecule is C=CCc1cc(CC)c(N(Pc2ccccc2)Pc2ccccc2)c(CC)c1. The average Bonchev–Trinajstić information content (AvgIpc) is 2.74. The fourth-order valence-corrected chi connectivity index (χ4v) is 6.36. The molecule has 0 aromatic heterocycles. The van der Waals surface area contributed by atoms with Crippen LogP contribution in [0.3, 0.4) is 0 Å². The molecule has 0 spiro atoms. The van der Waals surface area contributed by atoms with Gasteiger partial charge in [-0.1, -0.05) is 92.7 Å². The molecule has 2 atom stereocenters. The molecule has 0 aliphatic heterocycles. The fraction of sp³-hybridized carbons (Fsp3) is 0.200. The van der Waals surface area contributed by atoms with Crippen molar-refractivity contribution in [1.29, 1.82) is 0 Å². The van der Waals surface area contributed by atoms with Gasteiger partial charge in [-0.05, 0) is 46.6 Å². The van der Waals surface area contributed by atoms with Gasteiger partial charge < -0.3 is 4.44 Å². The van der Waals surface area contributed by atoms with Gasteiger partial charge in [-0.2, -0.15) is 0 Å². The van der Waals surface area contributed by atoms with Crippen LogP contribution in [-0.2, 0) is 19.3 Å². The van der Waals surface area contributed by atoms with Crippen LogP contribution in [-0.4, -0.2) is 0 Å². The normalized spacial score (nSPS) is 11.5. The monoisotopic (exact) mass is 405 g/mol. The van der Waals surface area contributed by atoms with E-state index in [1.165, 1.54) is 33.0 Å². The summed E-state index contributed by atoms with van der Waals surface area (Å²) in [7, 11) is 1.24. The van der Waals surface area contributed by atoms with Crippen molar-refractivity contribution in [1.82, 2.24) is 0 Å². The van der Waals surface area contributed by atoms with Gasteiger partial charge in [0.15, 0.2) is 0 Å². The molecule has 0 saturated heterocycles. The highest BCUT2D eigenvalue weighted by molar-refractivity contribution is 7.67. The summed E-state index contributed by atoms with van der Waals surface area (Å²) in [6.45, 7) is 8.47. The number of benzene rings is 3. The van der Waals surface area contributed by atoms with Crippen LogP contribution < -0.4 is 15.1 Å². The third kappa shape index (κ3) is 5.32. The first-order chi connectivity index (χ1) is 13.7. The van der Waals surface area contributed by atoms with Crippen LogP contribution in [0.25, 0.3) is 0 Å². The van der Waals surface area contributed by atoms with Gasteiger partial charge in [0.25, 0.3) is 0 Å². The van der Waals surface area contributed by atoms with Crippen molar-refractivity contribution >= 4 is 33.8 Å². The summed E-state index contributed by atoms with van der Waals surface area (Å²) in [5.74, 6) is 0. The Kier molecular flexibility index (Phi) is 7.84. The number of anilines is 1. The molecular formula is C25H29NP2. The highest BCUT2D eigenvalue weighted by Gasteiger charge is 2.17. The molecule has 0 aliphatic rings. The molecule has 0 fully saturated rings. The first-order valence-corrected chi connectivity index (χ1v) is 11.8. The second-order valence-corrected chi connectivity index (χ2v) is 9.70. The minimum absolute atomic E-state index is 0.621. The topological polar surface area (TPSA) is 3.24 Å². The third-order valence-electron chi connectivity index (χ3n) is 4.72. The van der Waals surface area contributed by atoms with Crippen LogP contribution in [0.1, 0.15) is 30.5 Å². The smallest absolute Gasteiger partial charge is 0.0499 e. The summed E-state index contributed by atoms with van der Waals surface area (Å²) in [4.78, 5) is 0. The molecule has 28 heavy (non-hydrogen) atoms. The minimum Gasteiger partial charge on any atom is -0.326 e. The first-order valence-electron chi connectivity index (χ1n) is 9.94. The fourth-order valence-electron chi connectivity index (χ4n) is 3.37. The van der Waals surface area contributed by atoms with Crippen molar-refractivity contribution < 1.29 is 0 Å². The first kappa shape index (κ1) is 20.8. The predicted molar refractivity (Wildman–Crippen MR) is 130 cm³/mol. The summed E-state index contributed by atoms with van der Waals surface area (Å²) in [5.41, 5.74) is 5.70. The molecular weight excluding hydrogens is 376 g/mol. The summed E-state index contributed by atoms with van der Waals surface area (Å²) in [6.07, 6.45) is 5.02. The third-order valence-corrected chi connectivity index (χ3v) is 7.47. The van der Waals surface area contributed by atoms with Gasteiger partial charge in [-0.15, -0.1) is 6.58 Å². The maximum absolute atomic E-state index is 3.93. The lowest BCUT2D eigenvalue weighted by Crippen LogP contribution is -2.15. The van der Waals surface area contributed by atoms with Crippen molar-refractivity contribution in [2.45, 2.75) is 33.1 Å². The number of rotatable bonds is 9. The quantitative estimate of drug-likeness (QED) is 0.303. The van der Waals surface area contributed by atoms with Gasteiger partial charge in [-0.25, -0.2) is 0 Å². The second-order valence-electron chi connectivity index (χ2n) is 6.75. The highest BCUT2D eigenvalue weighted by atomic mass is 31.1. The van der Waals surface area contributed by atoms with E-state index in [2.05, 4.69) is 97.7 Å². The van der Waals surface area contributed by atoms with Crippen molar-refractivity contribution in [3.05, 3.63) is 102 Å². The van der Waals surface area contributed by atoms with Crippen LogP contribution in [0.5, 0.6) is 0 Å². The van der Waals surface area contributed by atoms with E-state index in [0.717, 1.165) is 19.3 Å². The van der Waals surface area contributed by atoms with Gasteiger partial charge in [0.05, 0.1) is 0 Å². The highest BCUT2D eigenvalue weighted by Crippen LogP contribution is 2.42. The molecule has 0 amide bonds. The zero-order valence-electron chi connectivity index (χ0n) is 16.8. The Morgan fingerprint density at radius 3 is 1.64 bits per heavy atom. The van der Waals surface area contributed by atoms with Gasteiger partial charge >= 0.3 is 0 Å². The van der Waals surface area contributed by atoms with Gasteiger partial charge in [-0.3, -0.25) is 0 Å². The molecule has 3 aromatic carbocycles. The Balaban J connectivity index is 2.06. The van der Waals surface area contributed by atoms with Crippen LogP contribution in [0, 0.1) is 0 Å². The molecule has 0 aliphatic carbocycles. The summed E-state index contributed by atoms with van der Waals surface area (Å²) < 4.78 is 2.61. The molecule has 3 aromatic rings. The molecule has 0 saturated carbocycles. The number of nitrogens with zero attached hydrogens (tertiary/aromatic N) is 1. The average molecular weight is 405 g/mol. The van der Waals surface area contributed by atoms with E-state index in [0.29, 0.717) is 17.5 Å². The van der Waals surface area contributed by atoms with E-state index in [1.807, 2.05) is 6.08 Å². The Bertz CT molecular complexity index is 824. The van der Waals surface area contributed by atoms with E-state index < -0.39 is 0 Å². The number of aryl methyl sites for hydroxylation is 2. The molecule has 144 valence electrons. The van der Waals surface area contributed by atoms with Gasteiger partial charge in [0.1, 0.15) is 0 Å². The summed E-state index contributed by atoms with van der Waals surface area (Å²) >= 11 is 0. The van der Waals surface area contributed by atoms with Crippen LogP contribution in [0.15, 0.2) is 85.5 Å². The lowest BCUT2D eigenvalue weighted by Gasteiger charge is -2.30. The number of hydrogen-bond donors (Lipinski definition) is 0. The van der Waals surface area contributed by atoms with E-state index >= 15 is 0 Å². The minimum atomic E-state index is 0.621. The molecule has 0 heterocycles. The van der Waals surface area contributed by atoms with Crippen molar-refractivity contribution in [2.24, 2.45) is 0 Å². The van der Waals surface area contributed by atoms with Gasteiger partial charge in [0, 0.05) is 23.2 Å². The molecule has 0 N–H and O–H groups in total. The Morgan fingerprint density at radius 1 is 0.786 bits per heavy atom. The lowest BCUT2D eigenvalue weighted by atomic mass is 9.98. The van der Waals surface area contributed by atoms with Gasteiger partial charge in [0.2, 0.25) is 0 Å². The van der Waals surface area contributed by atoms with E-state index in [-0.39, 0.29) is 0 Å². The molecule has 2 unspecified atom stereocenters. The van der Waals surface area contributed by atoms with Crippen molar-refractivity contribution in [3.63, 3.8) is 0 Å². The maximum atomic E-state index is 3.93. The van der Waals surface area contributed by atoms with Crippen molar-refractivity contribution in [2.75, 3.05) is 4.44 Å². The Morgan fingerprint density at radius 2 is 1.25 bits per heavy atom. The molecule has 3 heteroatoms. The van der Waals surface area contributed by atoms with Crippen LogP contribution >= 0.6 is 17.5 Å². The molecule has 0 radical (unpaired) electrons. The standard InChI is InChI=1S/C25H29NP2/c1-4-13-20-18-21(5-2)25(22(6-3)19-20)26(27-23-14-9-7-10-15-23)28-24-16-11-8-12-17-24/h4,7-12,14-19,27-28H,1,5-6,13H2,2-3H3. The van der Waals surface area contributed by atoms with Crippen molar-refractivity contribution in [3.8, 4) is 0 Å². The molecule has 3 rings (SSSR count). The zero-order chi connectivity index (χ0) is 19.8. The molecule has 1 nitrogen and oxygen atoms in total. The molecule has 0 bridgehead atoms. The zero-order valence-corrected chi connectivity index (χ0v) is 18.8. The maximum Gasteiger partial charge on any atom is 0.0499 e. The Labute approximate surface area is 173 Å². The van der Waals surface area contributed by atoms with Crippen LogP contribution in [0.2, 0.25) is 0 Å². The lowest BCUT2D eigenvalue weighted by molar-refractivity contribution is 1.06. The van der Waals surface area contributed by atoms with E-state index in [1.54, 1.807) is 0 Å². The van der Waals surface area contributed by atoms with Crippen LogP contribution in [0.4, 0.5) is 5.69 Å². The number of hydrogen-bond acceptors (Lipinski definition) is 1. The summed E-state index contributed by atoms with van der Waals surface area (Å²) in [6, 6.07) is 26.5. The number of allylic oxidation sites excluding steroid dienone is 1. The van der Waals surface area contributed by atoms with E-state index in [4.69, 9.17) is 0 Å². The largest absolute Gasteiger partial charge is 0.326 e. The Hall–Kier alpha value is -1.94. The van der Waals surface area contributed by atoms with E-state index in [9.17, 15) is 0 Å². The summed E-state index contributed by atoms with van der Waals surface area (Å²) in [5, 5.41) is 2.76.